The van der Waals surface area contributed by atoms with Gasteiger partial charge in [-0.1, -0.05) is 47.5 Å². The molecule has 0 saturated carbocycles. The van der Waals surface area contributed by atoms with E-state index in [0.29, 0.717) is 6.54 Å². The minimum Gasteiger partial charge on any atom is -0.371 e. The molecule has 2 aromatic rings. The number of carbonyl (C=O) groups excluding carboxylic acids is 1. The van der Waals surface area contributed by atoms with Crippen molar-refractivity contribution in [1.82, 2.24) is 10.2 Å². The summed E-state index contributed by atoms with van der Waals surface area (Å²) in [6.45, 7) is 8.33. The molecule has 138 valence electrons. The van der Waals surface area contributed by atoms with Gasteiger partial charge in [0.15, 0.2) is 0 Å². The Hall–Kier alpha value is -2.17. The lowest BCUT2D eigenvalue weighted by Crippen LogP contribution is -2.39. The van der Waals surface area contributed by atoms with Gasteiger partial charge in [0.1, 0.15) is 0 Å². The molecular formula is C22H28N2O2. The Labute approximate surface area is 156 Å². The molecule has 1 unspecified atom stereocenters. The normalized spacial score (nSPS) is 17.8. The summed E-state index contributed by atoms with van der Waals surface area (Å²) in [6, 6.07) is 16.3. The van der Waals surface area contributed by atoms with E-state index < -0.39 is 0 Å². The van der Waals surface area contributed by atoms with Gasteiger partial charge in [-0.3, -0.25) is 9.69 Å². The second-order valence-electron chi connectivity index (χ2n) is 7.06. The van der Waals surface area contributed by atoms with Gasteiger partial charge in [0.05, 0.1) is 12.7 Å². The van der Waals surface area contributed by atoms with Crippen LogP contribution in [0.1, 0.15) is 39.6 Å². The number of rotatable bonds is 6. The van der Waals surface area contributed by atoms with Crippen molar-refractivity contribution < 1.29 is 9.53 Å². The van der Waals surface area contributed by atoms with Gasteiger partial charge < -0.3 is 10.1 Å². The predicted molar refractivity (Wildman–Crippen MR) is 104 cm³/mol. The van der Waals surface area contributed by atoms with Crippen LogP contribution in [0.2, 0.25) is 0 Å². The molecule has 0 aromatic heterocycles. The molecule has 1 saturated heterocycles. The molecular weight excluding hydrogens is 324 g/mol. The van der Waals surface area contributed by atoms with Crippen LogP contribution in [0.4, 0.5) is 0 Å². The zero-order chi connectivity index (χ0) is 18.4. The number of morpholine rings is 1. The Morgan fingerprint density at radius 2 is 1.88 bits per heavy atom. The number of aryl methyl sites for hydroxylation is 2. The van der Waals surface area contributed by atoms with Crippen molar-refractivity contribution in [3.05, 3.63) is 70.8 Å². The maximum absolute atomic E-state index is 12.3. The molecule has 4 heteroatoms. The number of nitrogens with zero attached hydrogens (tertiary/aromatic N) is 1. The summed E-state index contributed by atoms with van der Waals surface area (Å²) in [6.07, 6.45) is 1.09. The van der Waals surface area contributed by atoms with Crippen molar-refractivity contribution in [2.75, 3.05) is 32.8 Å². The molecule has 0 radical (unpaired) electrons. The largest absolute Gasteiger partial charge is 0.371 e. The van der Waals surface area contributed by atoms with E-state index in [0.717, 1.165) is 49.4 Å². The Kier molecular flexibility index (Phi) is 6.42. The number of benzene rings is 2. The number of hydrogen-bond donors (Lipinski definition) is 1. The SMILES string of the molecule is Cc1cc(C)cc(C(=O)NCCCN2CCOC(c3ccccc3)C2)c1. The average Bonchev–Trinajstić information content (AvgIpc) is 2.65. The van der Waals surface area contributed by atoms with Gasteiger partial charge >= 0.3 is 0 Å². The summed E-state index contributed by atoms with van der Waals surface area (Å²) in [5, 5.41) is 3.04. The summed E-state index contributed by atoms with van der Waals surface area (Å²) in [5.41, 5.74) is 4.23. The van der Waals surface area contributed by atoms with E-state index in [1.54, 1.807) is 0 Å². The first-order chi connectivity index (χ1) is 12.6. The molecule has 1 amide bonds. The number of carbonyl (C=O) groups is 1. The molecule has 1 N–H and O–H groups in total. The van der Waals surface area contributed by atoms with Gasteiger partial charge in [0.25, 0.3) is 5.91 Å². The van der Waals surface area contributed by atoms with Gasteiger partial charge in [0.2, 0.25) is 0 Å². The van der Waals surface area contributed by atoms with Crippen LogP contribution in [-0.4, -0.2) is 43.6 Å². The van der Waals surface area contributed by atoms with Crippen LogP contribution in [0.5, 0.6) is 0 Å². The van der Waals surface area contributed by atoms with Crippen molar-refractivity contribution in [3.8, 4) is 0 Å². The van der Waals surface area contributed by atoms with Crippen LogP contribution in [0, 0.1) is 13.8 Å². The van der Waals surface area contributed by atoms with Gasteiger partial charge in [-0.15, -0.1) is 0 Å². The fourth-order valence-electron chi connectivity index (χ4n) is 3.49. The summed E-state index contributed by atoms with van der Waals surface area (Å²) in [4.78, 5) is 14.7. The maximum Gasteiger partial charge on any atom is 0.251 e. The number of ether oxygens (including phenoxy) is 1. The predicted octanol–water partition coefficient (Wildman–Crippen LogP) is 3.50. The molecule has 1 fully saturated rings. The minimum atomic E-state index is 0.0148. The maximum atomic E-state index is 12.3. The summed E-state index contributed by atoms with van der Waals surface area (Å²) < 4.78 is 5.91. The van der Waals surface area contributed by atoms with Crippen LogP contribution < -0.4 is 5.32 Å². The molecule has 26 heavy (non-hydrogen) atoms. The lowest BCUT2D eigenvalue weighted by Gasteiger charge is -2.33. The van der Waals surface area contributed by atoms with Gasteiger partial charge in [-0.05, 0) is 38.0 Å². The Balaban J connectivity index is 1.42. The third-order valence-electron chi connectivity index (χ3n) is 4.74. The Morgan fingerprint density at radius 1 is 1.15 bits per heavy atom. The van der Waals surface area contributed by atoms with Gasteiger partial charge in [-0.25, -0.2) is 0 Å². The zero-order valence-corrected chi connectivity index (χ0v) is 15.7. The van der Waals surface area contributed by atoms with Crippen molar-refractivity contribution in [2.24, 2.45) is 0 Å². The van der Waals surface area contributed by atoms with Gasteiger partial charge in [-0.2, -0.15) is 0 Å². The second-order valence-corrected chi connectivity index (χ2v) is 7.06. The van der Waals surface area contributed by atoms with E-state index in [9.17, 15) is 4.79 Å². The van der Waals surface area contributed by atoms with Crippen molar-refractivity contribution in [2.45, 2.75) is 26.4 Å². The van der Waals surface area contributed by atoms with E-state index in [1.165, 1.54) is 5.56 Å². The highest BCUT2D eigenvalue weighted by Crippen LogP contribution is 2.21. The van der Waals surface area contributed by atoms with Crippen molar-refractivity contribution in [3.63, 3.8) is 0 Å². The first-order valence-electron chi connectivity index (χ1n) is 9.37. The fourth-order valence-corrected chi connectivity index (χ4v) is 3.49. The van der Waals surface area contributed by atoms with E-state index >= 15 is 0 Å². The molecule has 3 rings (SSSR count). The number of amides is 1. The molecule has 1 heterocycles. The smallest absolute Gasteiger partial charge is 0.251 e. The fraction of sp³-hybridized carbons (Fsp3) is 0.409. The van der Waals surface area contributed by atoms with Crippen LogP contribution >= 0.6 is 0 Å². The highest BCUT2D eigenvalue weighted by molar-refractivity contribution is 5.94. The summed E-state index contributed by atoms with van der Waals surface area (Å²) >= 11 is 0. The molecule has 1 aliphatic heterocycles. The van der Waals surface area contributed by atoms with Crippen LogP contribution in [0.25, 0.3) is 0 Å². The number of nitrogens with one attached hydrogen (secondary N) is 1. The molecule has 1 atom stereocenters. The third kappa shape index (κ3) is 5.16. The molecule has 0 bridgehead atoms. The lowest BCUT2D eigenvalue weighted by molar-refractivity contribution is -0.0301. The molecule has 1 aliphatic rings. The third-order valence-corrected chi connectivity index (χ3v) is 4.74. The van der Waals surface area contributed by atoms with Crippen LogP contribution in [0.3, 0.4) is 0 Å². The van der Waals surface area contributed by atoms with E-state index in [1.807, 2.05) is 32.0 Å². The van der Waals surface area contributed by atoms with Crippen molar-refractivity contribution in [1.29, 1.82) is 0 Å². The summed E-state index contributed by atoms with van der Waals surface area (Å²) in [5.74, 6) is 0.0148. The molecule has 0 spiro atoms. The van der Waals surface area contributed by atoms with Crippen LogP contribution in [-0.2, 0) is 4.74 Å². The van der Waals surface area contributed by atoms with Gasteiger partial charge in [0, 0.05) is 31.7 Å². The first-order valence-corrected chi connectivity index (χ1v) is 9.37. The topological polar surface area (TPSA) is 41.6 Å². The van der Waals surface area contributed by atoms with Crippen molar-refractivity contribution >= 4 is 5.91 Å². The Morgan fingerprint density at radius 3 is 2.62 bits per heavy atom. The van der Waals surface area contributed by atoms with Crippen LogP contribution in [0.15, 0.2) is 48.5 Å². The van der Waals surface area contributed by atoms with E-state index in [2.05, 4.69) is 40.5 Å². The molecule has 0 aliphatic carbocycles. The highest BCUT2D eigenvalue weighted by Gasteiger charge is 2.21. The minimum absolute atomic E-state index is 0.0148. The van der Waals surface area contributed by atoms with E-state index in [-0.39, 0.29) is 12.0 Å². The van der Waals surface area contributed by atoms with E-state index in [4.69, 9.17) is 4.74 Å². The average molecular weight is 352 g/mol. The highest BCUT2D eigenvalue weighted by atomic mass is 16.5. The Bertz CT molecular complexity index is 710. The quantitative estimate of drug-likeness (QED) is 0.809. The monoisotopic (exact) mass is 352 g/mol. The lowest BCUT2D eigenvalue weighted by atomic mass is 10.1. The molecule has 2 aromatic carbocycles. The first kappa shape index (κ1) is 18.6. The number of hydrogen-bond acceptors (Lipinski definition) is 3. The second kappa shape index (κ2) is 8.97. The standard InChI is InChI=1S/C22H28N2O2/c1-17-13-18(2)15-20(14-17)22(25)23-9-6-10-24-11-12-26-21(16-24)19-7-4-3-5-8-19/h3-5,7-8,13-15,21H,6,9-12,16H2,1-2H3,(H,23,25). The zero-order valence-electron chi connectivity index (χ0n) is 15.7. The molecule has 4 nitrogen and oxygen atoms in total. The summed E-state index contributed by atoms with van der Waals surface area (Å²) in [7, 11) is 0.